The Bertz CT molecular complexity index is 1170. The standard InChI is InChI=1S/C23H23N6O/c30-29-22-10-9-18(17-5-2-1-3-6-17)15-21(22)26-23(27-29)25-19-7-4-8-20(16-19)28-13-11-24-12-14-28/h1-10,15-16,24H,11-14H2,(H2,25,26,27,30)/q+1. The van der Waals surface area contributed by atoms with Gasteiger partial charge in [0.2, 0.25) is 0 Å². The lowest BCUT2D eigenvalue weighted by molar-refractivity contribution is -0.928. The molecule has 30 heavy (non-hydrogen) atoms. The van der Waals surface area contributed by atoms with Gasteiger partial charge < -0.3 is 15.5 Å². The molecule has 1 aromatic heterocycles. The van der Waals surface area contributed by atoms with Crippen molar-refractivity contribution < 1.29 is 10.1 Å². The van der Waals surface area contributed by atoms with E-state index in [0.29, 0.717) is 17.0 Å². The molecule has 0 bridgehead atoms. The summed E-state index contributed by atoms with van der Waals surface area (Å²) in [5, 5.41) is 21.1. The van der Waals surface area contributed by atoms with E-state index in [0.717, 1.165) is 53.5 Å². The summed E-state index contributed by atoms with van der Waals surface area (Å²) < 4.78 is 0. The molecule has 2 heterocycles. The summed E-state index contributed by atoms with van der Waals surface area (Å²) in [7, 11) is 0. The number of anilines is 3. The second-order valence-corrected chi connectivity index (χ2v) is 7.31. The van der Waals surface area contributed by atoms with Crippen molar-refractivity contribution in [2.45, 2.75) is 0 Å². The lowest BCUT2D eigenvalue weighted by Gasteiger charge is -2.29. The smallest absolute Gasteiger partial charge is 0.315 e. The molecular weight excluding hydrogens is 376 g/mol. The number of fused-ring (bicyclic) bond motifs is 1. The van der Waals surface area contributed by atoms with Crippen molar-refractivity contribution in [3.8, 4) is 11.1 Å². The van der Waals surface area contributed by atoms with E-state index in [2.05, 4.69) is 49.9 Å². The average molecular weight is 399 g/mol. The Hall–Kier alpha value is -3.71. The van der Waals surface area contributed by atoms with Gasteiger partial charge in [-0.1, -0.05) is 36.4 Å². The molecule has 0 unspecified atom stereocenters. The van der Waals surface area contributed by atoms with Gasteiger partial charge in [0, 0.05) is 43.6 Å². The highest BCUT2D eigenvalue weighted by Crippen LogP contribution is 2.24. The summed E-state index contributed by atoms with van der Waals surface area (Å²) in [5.41, 5.74) is 5.38. The zero-order valence-corrected chi connectivity index (χ0v) is 16.5. The second-order valence-electron chi connectivity index (χ2n) is 7.31. The van der Waals surface area contributed by atoms with Crippen LogP contribution in [0.15, 0.2) is 72.8 Å². The number of hydrogen-bond acceptors (Lipinski definition) is 6. The summed E-state index contributed by atoms with van der Waals surface area (Å²) in [6.45, 7) is 3.93. The quantitative estimate of drug-likeness (QED) is 0.362. The van der Waals surface area contributed by atoms with Crippen molar-refractivity contribution >= 4 is 28.4 Å². The van der Waals surface area contributed by atoms with Gasteiger partial charge in [-0.25, -0.2) is 4.98 Å². The first-order valence-electron chi connectivity index (χ1n) is 10.1. The first-order chi connectivity index (χ1) is 14.8. The summed E-state index contributed by atoms with van der Waals surface area (Å²) in [4.78, 5) is 7.86. The molecule has 150 valence electrons. The van der Waals surface area contributed by atoms with Gasteiger partial charge in [0.25, 0.3) is 5.95 Å². The Balaban J connectivity index is 1.46. The van der Waals surface area contributed by atoms with Gasteiger partial charge in [0.1, 0.15) is 10.4 Å². The second kappa shape index (κ2) is 7.96. The maximum absolute atomic E-state index is 10.4. The van der Waals surface area contributed by atoms with E-state index in [-0.39, 0.29) is 0 Å². The van der Waals surface area contributed by atoms with Crippen LogP contribution in [0.25, 0.3) is 22.2 Å². The summed E-state index contributed by atoms with van der Waals surface area (Å²) >= 11 is 0. The Morgan fingerprint density at radius 3 is 2.57 bits per heavy atom. The maximum Gasteiger partial charge on any atom is 0.315 e. The van der Waals surface area contributed by atoms with Crippen molar-refractivity contribution in [2.24, 2.45) is 0 Å². The molecule has 0 spiro atoms. The summed E-state index contributed by atoms with van der Waals surface area (Å²) in [5.74, 6) is 0.340. The minimum Gasteiger partial charge on any atom is -0.369 e. The van der Waals surface area contributed by atoms with Gasteiger partial charge in [-0.05, 0) is 41.5 Å². The van der Waals surface area contributed by atoms with Crippen LogP contribution in [-0.2, 0) is 0 Å². The van der Waals surface area contributed by atoms with Crippen LogP contribution >= 0.6 is 0 Å². The van der Waals surface area contributed by atoms with Crippen LogP contribution in [0.2, 0.25) is 0 Å². The Labute approximate surface area is 174 Å². The first kappa shape index (κ1) is 18.3. The van der Waals surface area contributed by atoms with E-state index in [4.69, 9.17) is 0 Å². The zero-order valence-electron chi connectivity index (χ0n) is 16.5. The highest BCUT2D eigenvalue weighted by atomic mass is 16.5. The van der Waals surface area contributed by atoms with Gasteiger partial charge in [-0.15, -0.1) is 0 Å². The third kappa shape index (κ3) is 3.75. The number of piperazine rings is 1. The van der Waals surface area contributed by atoms with E-state index < -0.39 is 0 Å². The first-order valence-corrected chi connectivity index (χ1v) is 10.1. The SMILES string of the molecule is O[n+]1nc(Nc2cccc(N3CCNCC3)c2)nc2cc(-c3ccccc3)ccc21. The molecule has 0 atom stereocenters. The average Bonchev–Trinajstić information content (AvgIpc) is 2.80. The van der Waals surface area contributed by atoms with Gasteiger partial charge >= 0.3 is 5.52 Å². The van der Waals surface area contributed by atoms with Crippen LogP contribution in [0.4, 0.5) is 17.3 Å². The fraction of sp³-hybridized carbons (Fsp3) is 0.174. The normalized spacial score (nSPS) is 14.1. The minimum absolute atomic E-state index is 0.340. The van der Waals surface area contributed by atoms with Crippen LogP contribution in [-0.4, -0.2) is 41.5 Å². The largest absolute Gasteiger partial charge is 0.369 e. The molecule has 3 aromatic carbocycles. The van der Waals surface area contributed by atoms with Gasteiger partial charge in [-0.2, -0.15) is 0 Å². The lowest BCUT2D eigenvalue weighted by Crippen LogP contribution is -2.43. The highest BCUT2D eigenvalue weighted by molar-refractivity contribution is 5.80. The number of nitrogens with one attached hydrogen (secondary N) is 2. The molecular formula is C23H23N6O+. The number of nitrogens with zero attached hydrogens (tertiary/aromatic N) is 4. The Morgan fingerprint density at radius 2 is 1.73 bits per heavy atom. The monoisotopic (exact) mass is 399 g/mol. The van der Waals surface area contributed by atoms with Crippen molar-refractivity contribution in [1.82, 2.24) is 15.4 Å². The fourth-order valence-electron chi connectivity index (χ4n) is 3.76. The highest BCUT2D eigenvalue weighted by Gasteiger charge is 2.17. The van der Waals surface area contributed by atoms with Crippen molar-refractivity contribution in [3.63, 3.8) is 0 Å². The van der Waals surface area contributed by atoms with Crippen molar-refractivity contribution in [2.75, 3.05) is 36.4 Å². The fourth-order valence-corrected chi connectivity index (χ4v) is 3.76. The Morgan fingerprint density at radius 1 is 0.900 bits per heavy atom. The molecule has 5 rings (SSSR count). The number of hydrogen-bond donors (Lipinski definition) is 3. The van der Waals surface area contributed by atoms with Crippen LogP contribution in [0.1, 0.15) is 0 Å². The van der Waals surface area contributed by atoms with E-state index in [1.165, 1.54) is 0 Å². The van der Waals surface area contributed by atoms with Crippen LogP contribution in [0.3, 0.4) is 0 Å². The topological polar surface area (TPSA) is 77.2 Å². The minimum atomic E-state index is 0.340. The van der Waals surface area contributed by atoms with Crippen LogP contribution < -0.4 is 20.4 Å². The number of benzene rings is 3. The van der Waals surface area contributed by atoms with Gasteiger partial charge in [0.05, 0.1) is 5.10 Å². The summed E-state index contributed by atoms with van der Waals surface area (Å²) in [6, 6.07) is 24.0. The molecule has 0 saturated carbocycles. The molecule has 1 aliphatic heterocycles. The molecule has 4 aromatic rings. The zero-order chi connectivity index (χ0) is 20.3. The third-order valence-corrected chi connectivity index (χ3v) is 5.30. The molecule has 7 heteroatoms. The van der Waals surface area contributed by atoms with E-state index in [1.54, 1.807) is 0 Å². The van der Waals surface area contributed by atoms with Crippen LogP contribution in [0.5, 0.6) is 0 Å². The summed E-state index contributed by atoms with van der Waals surface area (Å²) in [6.07, 6.45) is 0. The van der Waals surface area contributed by atoms with E-state index in [1.807, 2.05) is 48.5 Å². The third-order valence-electron chi connectivity index (χ3n) is 5.30. The molecule has 1 saturated heterocycles. The van der Waals surface area contributed by atoms with Gasteiger partial charge in [0.15, 0.2) is 0 Å². The van der Waals surface area contributed by atoms with E-state index >= 15 is 0 Å². The predicted octanol–water partition coefficient (Wildman–Crippen LogP) is 2.97. The molecule has 7 nitrogen and oxygen atoms in total. The van der Waals surface area contributed by atoms with Crippen molar-refractivity contribution in [1.29, 1.82) is 0 Å². The molecule has 1 aliphatic rings. The molecule has 0 amide bonds. The predicted molar refractivity (Wildman–Crippen MR) is 117 cm³/mol. The van der Waals surface area contributed by atoms with Crippen LogP contribution in [0, 0.1) is 0 Å². The molecule has 3 N–H and O–H groups in total. The molecule has 0 radical (unpaired) electrons. The molecule has 1 fully saturated rings. The van der Waals surface area contributed by atoms with Crippen molar-refractivity contribution in [3.05, 3.63) is 72.8 Å². The molecule has 0 aliphatic carbocycles. The Kier molecular flexibility index (Phi) is 4.86. The lowest BCUT2D eigenvalue weighted by atomic mass is 10.1. The number of aromatic nitrogens is 3. The van der Waals surface area contributed by atoms with E-state index in [9.17, 15) is 5.21 Å². The maximum atomic E-state index is 10.4. The number of rotatable bonds is 4. The van der Waals surface area contributed by atoms with Gasteiger partial charge in [-0.3, -0.25) is 5.21 Å².